The molecule has 0 radical (unpaired) electrons. The van der Waals surface area contributed by atoms with Crippen molar-refractivity contribution < 1.29 is 18.7 Å². The molecule has 0 aromatic carbocycles. The van der Waals surface area contributed by atoms with Crippen LogP contribution in [0, 0.1) is 5.82 Å². The molecule has 1 aromatic heterocycles. The van der Waals surface area contributed by atoms with Gasteiger partial charge < -0.3 is 20.1 Å². The SMILES string of the molecule is COCCN(C(=O)c1ccnc(N)c1F)C(C)COC. The lowest BCUT2D eigenvalue weighted by atomic mass is 10.2. The van der Waals surface area contributed by atoms with Gasteiger partial charge in [-0.3, -0.25) is 4.79 Å². The topological polar surface area (TPSA) is 77.7 Å². The number of carbonyl (C=O) groups is 1. The molecule has 0 aliphatic heterocycles. The van der Waals surface area contributed by atoms with Crippen LogP contribution in [0.25, 0.3) is 0 Å². The maximum Gasteiger partial charge on any atom is 0.257 e. The van der Waals surface area contributed by atoms with E-state index in [-0.39, 0.29) is 17.4 Å². The van der Waals surface area contributed by atoms with E-state index in [0.29, 0.717) is 19.8 Å². The Morgan fingerprint density at radius 3 is 2.80 bits per heavy atom. The van der Waals surface area contributed by atoms with Gasteiger partial charge in [0.2, 0.25) is 0 Å². The van der Waals surface area contributed by atoms with Crippen LogP contribution >= 0.6 is 0 Å². The molecule has 112 valence electrons. The molecule has 0 aliphatic rings. The van der Waals surface area contributed by atoms with Gasteiger partial charge in [-0.2, -0.15) is 0 Å². The van der Waals surface area contributed by atoms with Crippen LogP contribution < -0.4 is 5.73 Å². The Bertz CT molecular complexity index is 456. The number of halogens is 1. The van der Waals surface area contributed by atoms with E-state index in [1.807, 2.05) is 6.92 Å². The van der Waals surface area contributed by atoms with E-state index in [1.165, 1.54) is 24.3 Å². The van der Waals surface area contributed by atoms with Crippen LogP contribution in [0.3, 0.4) is 0 Å². The molecule has 20 heavy (non-hydrogen) atoms. The molecule has 1 atom stereocenters. The normalized spacial score (nSPS) is 12.2. The number of nitrogen functional groups attached to an aromatic ring is 1. The maximum atomic E-state index is 13.9. The van der Waals surface area contributed by atoms with Crippen LogP contribution in [0.5, 0.6) is 0 Å². The average molecular weight is 285 g/mol. The first-order chi connectivity index (χ1) is 9.52. The van der Waals surface area contributed by atoms with Gasteiger partial charge in [0, 0.05) is 27.0 Å². The zero-order chi connectivity index (χ0) is 15.1. The first kappa shape index (κ1) is 16.3. The second-order valence-corrected chi connectivity index (χ2v) is 4.35. The number of nitrogens with two attached hydrogens (primary N) is 1. The molecule has 1 unspecified atom stereocenters. The number of pyridine rings is 1. The minimum Gasteiger partial charge on any atom is -0.383 e. The van der Waals surface area contributed by atoms with E-state index in [4.69, 9.17) is 15.2 Å². The Kier molecular flexibility index (Phi) is 6.33. The lowest BCUT2D eigenvalue weighted by Crippen LogP contribution is -2.43. The second-order valence-electron chi connectivity index (χ2n) is 4.35. The molecule has 0 bridgehead atoms. The van der Waals surface area contributed by atoms with E-state index >= 15 is 0 Å². The quantitative estimate of drug-likeness (QED) is 0.806. The highest BCUT2D eigenvalue weighted by molar-refractivity contribution is 5.95. The van der Waals surface area contributed by atoms with Crippen molar-refractivity contribution in [2.45, 2.75) is 13.0 Å². The third kappa shape index (κ3) is 3.88. The van der Waals surface area contributed by atoms with Crippen molar-refractivity contribution in [3.05, 3.63) is 23.6 Å². The molecule has 0 saturated carbocycles. The summed E-state index contributed by atoms with van der Waals surface area (Å²) in [5.41, 5.74) is 5.29. The summed E-state index contributed by atoms with van der Waals surface area (Å²) in [6.07, 6.45) is 1.31. The first-order valence-electron chi connectivity index (χ1n) is 6.21. The number of anilines is 1. The van der Waals surface area contributed by atoms with Crippen LogP contribution in [0.15, 0.2) is 12.3 Å². The van der Waals surface area contributed by atoms with Crippen molar-refractivity contribution in [2.24, 2.45) is 0 Å². The Hall–Kier alpha value is -1.73. The van der Waals surface area contributed by atoms with Crippen LogP contribution in [-0.2, 0) is 9.47 Å². The number of amides is 1. The van der Waals surface area contributed by atoms with Gasteiger partial charge >= 0.3 is 0 Å². The zero-order valence-electron chi connectivity index (χ0n) is 11.9. The number of hydrogen-bond acceptors (Lipinski definition) is 5. The van der Waals surface area contributed by atoms with Gasteiger partial charge in [0.05, 0.1) is 24.8 Å². The Morgan fingerprint density at radius 1 is 1.50 bits per heavy atom. The Balaban J connectivity index is 2.99. The van der Waals surface area contributed by atoms with Crippen LogP contribution in [0.2, 0.25) is 0 Å². The molecule has 7 heteroatoms. The molecule has 0 aliphatic carbocycles. The van der Waals surface area contributed by atoms with Crippen molar-refractivity contribution in [2.75, 3.05) is 39.7 Å². The van der Waals surface area contributed by atoms with Gasteiger partial charge in [-0.25, -0.2) is 9.37 Å². The molecule has 0 spiro atoms. The summed E-state index contributed by atoms with van der Waals surface area (Å²) in [5, 5.41) is 0. The fourth-order valence-electron chi connectivity index (χ4n) is 1.82. The zero-order valence-corrected chi connectivity index (χ0v) is 11.9. The monoisotopic (exact) mass is 285 g/mol. The van der Waals surface area contributed by atoms with Gasteiger partial charge in [0.15, 0.2) is 11.6 Å². The number of carbonyl (C=O) groups excluding carboxylic acids is 1. The minimum absolute atomic E-state index is 0.100. The van der Waals surface area contributed by atoms with Gasteiger partial charge in [0.25, 0.3) is 5.91 Å². The summed E-state index contributed by atoms with van der Waals surface area (Å²) >= 11 is 0. The van der Waals surface area contributed by atoms with Crippen molar-refractivity contribution in [1.82, 2.24) is 9.88 Å². The Labute approximate surface area is 117 Å². The van der Waals surface area contributed by atoms with Crippen molar-refractivity contribution in [1.29, 1.82) is 0 Å². The van der Waals surface area contributed by atoms with Crippen molar-refractivity contribution in [3.8, 4) is 0 Å². The highest BCUT2D eigenvalue weighted by atomic mass is 19.1. The second kappa shape index (κ2) is 7.76. The molecule has 1 aromatic rings. The molecule has 1 heterocycles. The summed E-state index contributed by atoms with van der Waals surface area (Å²) in [6.45, 7) is 2.85. The summed E-state index contributed by atoms with van der Waals surface area (Å²) in [4.78, 5) is 17.5. The highest BCUT2D eigenvalue weighted by Gasteiger charge is 2.24. The number of ether oxygens (including phenoxy) is 2. The minimum atomic E-state index is -0.801. The van der Waals surface area contributed by atoms with Crippen molar-refractivity contribution >= 4 is 11.7 Å². The number of hydrogen-bond donors (Lipinski definition) is 1. The standard InChI is InChI=1S/C13H20FN3O3/c1-9(8-20-3)17(6-7-19-2)13(18)10-4-5-16-12(15)11(10)14/h4-5,9H,6-8H2,1-3H3,(H2,15,16). The van der Waals surface area contributed by atoms with Gasteiger partial charge in [0.1, 0.15) is 0 Å². The van der Waals surface area contributed by atoms with E-state index in [2.05, 4.69) is 4.98 Å². The Morgan fingerprint density at radius 2 is 2.20 bits per heavy atom. The van der Waals surface area contributed by atoms with Crippen molar-refractivity contribution in [3.63, 3.8) is 0 Å². The predicted molar refractivity (Wildman–Crippen MR) is 72.9 cm³/mol. The number of aromatic nitrogens is 1. The predicted octanol–water partition coefficient (Wildman–Crippen LogP) is 0.926. The molecule has 1 rings (SSSR count). The largest absolute Gasteiger partial charge is 0.383 e. The average Bonchev–Trinajstić information content (AvgIpc) is 2.42. The third-order valence-corrected chi connectivity index (χ3v) is 2.88. The van der Waals surface area contributed by atoms with E-state index < -0.39 is 11.7 Å². The maximum absolute atomic E-state index is 13.9. The van der Waals surface area contributed by atoms with Crippen LogP contribution in [0.1, 0.15) is 17.3 Å². The van der Waals surface area contributed by atoms with E-state index in [1.54, 1.807) is 7.11 Å². The van der Waals surface area contributed by atoms with Crippen LogP contribution in [0.4, 0.5) is 10.2 Å². The fraction of sp³-hybridized carbons (Fsp3) is 0.538. The molecule has 1 amide bonds. The molecule has 6 nitrogen and oxygen atoms in total. The smallest absolute Gasteiger partial charge is 0.257 e. The fourth-order valence-corrected chi connectivity index (χ4v) is 1.82. The lowest BCUT2D eigenvalue weighted by molar-refractivity contribution is 0.0475. The number of nitrogens with zero attached hydrogens (tertiary/aromatic N) is 2. The van der Waals surface area contributed by atoms with Crippen LogP contribution in [-0.4, -0.2) is 55.8 Å². The van der Waals surface area contributed by atoms with Gasteiger partial charge in [-0.05, 0) is 13.0 Å². The summed E-state index contributed by atoms with van der Waals surface area (Å²) in [5.74, 6) is -1.55. The van der Waals surface area contributed by atoms with E-state index in [0.717, 1.165) is 0 Å². The molecule has 2 N–H and O–H groups in total. The highest BCUT2D eigenvalue weighted by Crippen LogP contribution is 2.16. The first-order valence-corrected chi connectivity index (χ1v) is 6.21. The number of methoxy groups -OCH3 is 2. The van der Waals surface area contributed by atoms with Gasteiger partial charge in [-0.15, -0.1) is 0 Å². The summed E-state index contributed by atoms with van der Waals surface area (Å²) in [6, 6.07) is 1.10. The summed E-state index contributed by atoms with van der Waals surface area (Å²) < 4.78 is 23.9. The molecule has 0 fully saturated rings. The van der Waals surface area contributed by atoms with Gasteiger partial charge in [-0.1, -0.05) is 0 Å². The molecular weight excluding hydrogens is 265 g/mol. The third-order valence-electron chi connectivity index (χ3n) is 2.88. The molecule has 0 saturated heterocycles. The molecular formula is C13H20FN3O3. The van der Waals surface area contributed by atoms with E-state index in [9.17, 15) is 9.18 Å². The summed E-state index contributed by atoms with van der Waals surface area (Å²) in [7, 11) is 3.08. The lowest BCUT2D eigenvalue weighted by Gasteiger charge is -2.28. The number of rotatable bonds is 7.